The molecule has 2 saturated heterocycles. The van der Waals surface area contributed by atoms with Gasteiger partial charge in [0.15, 0.2) is 11.3 Å². The van der Waals surface area contributed by atoms with Crippen molar-refractivity contribution in [1.29, 1.82) is 0 Å². The molecule has 0 aliphatic carbocycles. The molecule has 2 aromatic heterocycles. The number of carbonyl (C=O) groups is 1. The summed E-state index contributed by atoms with van der Waals surface area (Å²) in [5.41, 5.74) is 0.989. The van der Waals surface area contributed by atoms with Gasteiger partial charge in [-0.15, -0.1) is 5.10 Å². The van der Waals surface area contributed by atoms with Crippen LogP contribution in [0.15, 0.2) is 59.1 Å². The molecule has 0 spiro atoms. The quantitative estimate of drug-likeness (QED) is 0.558. The monoisotopic (exact) mass is 441 g/mol. The molecule has 31 heavy (non-hydrogen) atoms. The summed E-state index contributed by atoms with van der Waals surface area (Å²) >= 11 is 1.26. The Hall–Kier alpha value is -3.09. The molecule has 1 N–H and O–H groups in total. The SMILES string of the molecule is O=C(NCc1ccccc1)OC1COC2C1OCC2n1nnnc1Sc1ncccn1. The van der Waals surface area contributed by atoms with Crippen molar-refractivity contribution in [2.75, 3.05) is 13.2 Å². The molecule has 2 aliphatic rings. The number of hydrogen-bond donors (Lipinski definition) is 1. The van der Waals surface area contributed by atoms with Gasteiger partial charge in [-0.1, -0.05) is 30.3 Å². The molecule has 0 radical (unpaired) electrons. The zero-order valence-corrected chi connectivity index (χ0v) is 17.1. The van der Waals surface area contributed by atoms with Crippen LogP contribution >= 0.6 is 11.8 Å². The van der Waals surface area contributed by atoms with Gasteiger partial charge in [-0.3, -0.25) is 0 Å². The van der Waals surface area contributed by atoms with Gasteiger partial charge >= 0.3 is 6.09 Å². The number of aromatic nitrogens is 6. The molecule has 4 unspecified atom stereocenters. The van der Waals surface area contributed by atoms with Gasteiger partial charge in [-0.25, -0.2) is 19.4 Å². The first kappa shape index (κ1) is 19.8. The third-order valence-corrected chi connectivity index (χ3v) is 5.87. The number of nitrogens with one attached hydrogen (secondary N) is 1. The molecule has 0 bridgehead atoms. The van der Waals surface area contributed by atoms with Crippen molar-refractivity contribution in [3.05, 3.63) is 54.4 Å². The second-order valence-electron chi connectivity index (χ2n) is 6.99. The lowest BCUT2D eigenvalue weighted by atomic mass is 10.1. The zero-order valence-electron chi connectivity index (χ0n) is 16.3. The summed E-state index contributed by atoms with van der Waals surface area (Å²) in [6.07, 6.45) is 1.58. The molecule has 4 heterocycles. The van der Waals surface area contributed by atoms with Crippen LogP contribution in [0, 0.1) is 0 Å². The smallest absolute Gasteiger partial charge is 0.407 e. The number of rotatable bonds is 6. The highest BCUT2D eigenvalue weighted by molar-refractivity contribution is 7.99. The Bertz CT molecular complexity index is 1020. The summed E-state index contributed by atoms with van der Waals surface area (Å²) in [6, 6.07) is 11.1. The first-order chi connectivity index (χ1) is 15.3. The number of ether oxygens (including phenoxy) is 3. The highest BCUT2D eigenvalue weighted by atomic mass is 32.2. The second kappa shape index (κ2) is 8.96. The Kier molecular flexibility index (Phi) is 5.74. The van der Waals surface area contributed by atoms with E-state index in [4.69, 9.17) is 14.2 Å². The minimum Gasteiger partial charge on any atom is -0.441 e. The second-order valence-corrected chi connectivity index (χ2v) is 7.92. The van der Waals surface area contributed by atoms with E-state index in [9.17, 15) is 4.79 Å². The summed E-state index contributed by atoms with van der Waals surface area (Å²) in [5, 5.41) is 15.8. The third-order valence-electron chi connectivity index (χ3n) is 5.02. The average Bonchev–Trinajstić information content (AvgIpc) is 3.52. The molecular weight excluding hydrogens is 422 g/mol. The van der Waals surface area contributed by atoms with Crippen molar-refractivity contribution < 1.29 is 19.0 Å². The summed E-state index contributed by atoms with van der Waals surface area (Å²) in [7, 11) is 0. The number of nitrogens with zero attached hydrogens (tertiary/aromatic N) is 6. The topological polar surface area (TPSA) is 126 Å². The number of benzene rings is 1. The lowest BCUT2D eigenvalue weighted by Crippen LogP contribution is -2.37. The van der Waals surface area contributed by atoms with Crippen molar-refractivity contribution in [3.63, 3.8) is 0 Å². The number of fused-ring (bicyclic) bond motifs is 1. The summed E-state index contributed by atoms with van der Waals surface area (Å²) in [4.78, 5) is 20.6. The van der Waals surface area contributed by atoms with E-state index in [1.807, 2.05) is 30.3 Å². The fourth-order valence-corrected chi connectivity index (χ4v) is 4.32. The van der Waals surface area contributed by atoms with E-state index in [0.29, 0.717) is 23.5 Å². The van der Waals surface area contributed by atoms with Crippen LogP contribution < -0.4 is 5.32 Å². The minimum absolute atomic E-state index is 0.243. The van der Waals surface area contributed by atoms with E-state index < -0.39 is 12.2 Å². The van der Waals surface area contributed by atoms with Gasteiger partial charge in [0.05, 0.1) is 13.2 Å². The first-order valence-corrected chi connectivity index (χ1v) is 10.5. The van der Waals surface area contributed by atoms with E-state index in [1.54, 1.807) is 23.1 Å². The molecule has 12 heteroatoms. The molecule has 4 atom stereocenters. The fraction of sp³-hybridized carbons (Fsp3) is 0.368. The lowest BCUT2D eigenvalue weighted by molar-refractivity contribution is 0.00268. The predicted molar refractivity (Wildman–Crippen MR) is 106 cm³/mol. The van der Waals surface area contributed by atoms with Gasteiger partial charge in [-0.05, 0) is 33.8 Å². The van der Waals surface area contributed by atoms with Gasteiger partial charge in [0.1, 0.15) is 18.2 Å². The Morgan fingerprint density at radius 3 is 2.77 bits per heavy atom. The fourth-order valence-electron chi connectivity index (χ4n) is 3.58. The molecule has 1 amide bonds. The van der Waals surface area contributed by atoms with E-state index in [1.165, 1.54) is 11.8 Å². The van der Waals surface area contributed by atoms with E-state index in [-0.39, 0.29) is 24.9 Å². The molecule has 0 saturated carbocycles. The van der Waals surface area contributed by atoms with Crippen LogP contribution in [0.2, 0.25) is 0 Å². The standard InChI is InChI=1S/C19H19N7O4S/c27-19(22-9-12-5-2-1-3-6-12)30-14-11-29-15-13(10-28-16(14)15)26-18(23-24-25-26)31-17-20-7-4-8-21-17/h1-8,13-16H,9-11H2,(H,22,27). The number of carbonyl (C=O) groups excluding carboxylic acids is 1. The van der Waals surface area contributed by atoms with Crippen LogP contribution in [0.25, 0.3) is 0 Å². The molecule has 2 fully saturated rings. The molecule has 1 aromatic carbocycles. The maximum Gasteiger partial charge on any atom is 0.407 e. The van der Waals surface area contributed by atoms with Crippen molar-refractivity contribution in [3.8, 4) is 0 Å². The van der Waals surface area contributed by atoms with Crippen LogP contribution in [-0.2, 0) is 20.8 Å². The van der Waals surface area contributed by atoms with E-state index in [2.05, 4.69) is 30.8 Å². The number of tetrazole rings is 1. The van der Waals surface area contributed by atoms with Crippen molar-refractivity contribution >= 4 is 17.9 Å². The Balaban J connectivity index is 1.20. The Morgan fingerprint density at radius 2 is 1.94 bits per heavy atom. The van der Waals surface area contributed by atoms with Gasteiger partial charge < -0.3 is 19.5 Å². The van der Waals surface area contributed by atoms with Crippen molar-refractivity contribution in [2.45, 2.75) is 41.2 Å². The molecule has 160 valence electrons. The highest BCUT2D eigenvalue weighted by Crippen LogP contribution is 2.37. The summed E-state index contributed by atoms with van der Waals surface area (Å²) in [5.74, 6) is 0. The molecule has 5 rings (SSSR count). The summed E-state index contributed by atoms with van der Waals surface area (Å²) in [6.45, 7) is 0.976. The van der Waals surface area contributed by atoms with Crippen LogP contribution in [0.1, 0.15) is 11.6 Å². The predicted octanol–water partition coefficient (Wildman–Crippen LogP) is 1.25. The number of amides is 1. The third kappa shape index (κ3) is 4.36. The van der Waals surface area contributed by atoms with Crippen LogP contribution in [-0.4, -0.2) is 67.8 Å². The minimum atomic E-state index is -0.509. The molecular formula is C19H19N7O4S. The molecule has 3 aromatic rings. The van der Waals surface area contributed by atoms with Gasteiger partial charge in [0, 0.05) is 18.9 Å². The Labute approximate surface area is 181 Å². The van der Waals surface area contributed by atoms with Crippen LogP contribution in [0.4, 0.5) is 4.79 Å². The maximum absolute atomic E-state index is 12.2. The van der Waals surface area contributed by atoms with Crippen LogP contribution in [0.3, 0.4) is 0 Å². The lowest BCUT2D eigenvalue weighted by Gasteiger charge is -2.17. The van der Waals surface area contributed by atoms with E-state index in [0.717, 1.165) is 5.56 Å². The maximum atomic E-state index is 12.2. The van der Waals surface area contributed by atoms with E-state index >= 15 is 0 Å². The number of alkyl carbamates (subject to hydrolysis) is 1. The summed E-state index contributed by atoms with van der Waals surface area (Å²) < 4.78 is 19.0. The number of hydrogen-bond acceptors (Lipinski definition) is 10. The van der Waals surface area contributed by atoms with Crippen molar-refractivity contribution in [1.82, 2.24) is 35.5 Å². The van der Waals surface area contributed by atoms with Gasteiger partial charge in [0.2, 0.25) is 5.16 Å². The van der Waals surface area contributed by atoms with Gasteiger partial charge in [-0.2, -0.15) is 0 Å². The molecule has 2 aliphatic heterocycles. The zero-order chi connectivity index (χ0) is 21.0. The average molecular weight is 441 g/mol. The van der Waals surface area contributed by atoms with Crippen molar-refractivity contribution in [2.24, 2.45) is 0 Å². The molecule has 11 nitrogen and oxygen atoms in total. The normalized spacial score (nSPS) is 24.6. The Morgan fingerprint density at radius 1 is 1.13 bits per heavy atom. The van der Waals surface area contributed by atoms with Gasteiger partial charge in [0.25, 0.3) is 0 Å². The van der Waals surface area contributed by atoms with Crippen LogP contribution in [0.5, 0.6) is 0 Å². The largest absolute Gasteiger partial charge is 0.441 e. The first-order valence-electron chi connectivity index (χ1n) is 9.72. The highest BCUT2D eigenvalue weighted by Gasteiger charge is 2.51.